The molecule has 0 atom stereocenters. The molecule has 0 saturated carbocycles. The van der Waals surface area contributed by atoms with Crippen LogP contribution in [0.3, 0.4) is 0 Å². The van der Waals surface area contributed by atoms with Crippen LogP contribution in [0, 0.1) is 12.7 Å². The molecular formula is C19H15ClFN3OS. The molecule has 0 saturated heterocycles. The second-order valence-electron chi connectivity index (χ2n) is 5.50. The first-order chi connectivity index (χ1) is 12.5. The van der Waals surface area contributed by atoms with E-state index in [2.05, 4.69) is 15.5 Å². The maximum atomic E-state index is 13.6. The summed E-state index contributed by atoms with van der Waals surface area (Å²) >= 11 is 7.30. The van der Waals surface area contributed by atoms with Gasteiger partial charge in [-0.2, -0.15) is 5.10 Å². The lowest BCUT2D eigenvalue weighted by molar-refractivity contribution is -0.118. The van der Waals surface area contributed by atoms with Gasteiger partial charge in [-0.15, -0.1) is 11.8 Å². The third kappa shape index (κ3) is 4.39. The number of halogens is 2. The second-order valence-corrected chi connectivity index (χ2v) is 6.92. The fourth-order valence-electron chi connectivity index (χ4n) is 2.37. The molecule has 3 aromatic rings. The van der Waals surface area contributed by atoms with Crippen LogP contribution in [0.4, 0.5) is 4.39 Å². The highest BCUT2D eigenvalue weighted by atomic mass is 35.5. The van der Waals surface area contributed by atoms with Gasteiger partial charge in [0.15, 0.2) is 0 Å². The van der Waals surface area contributed by atoms with E-state index in [4.69, 9.17) is 11.6 Å². The zero-order chi connectivity index (χ0) is 18.5. The van der Waals surface area contributed by atoms with Gasteiger partial charge in [0, 0.05) is 21.5 Å². The van der Waals surface area contributed by atoms with E-state index >= 15 is 0 Å². The van der Waals surface area contributed by atoms with Crippen molar-refractivity contribution in [3.05, 3.63) is 70.6 Å². The summed E-state index contributed by atoms with van der Waals surface area (Å²) in [6.07, 6.45) is 1.20. The number of rotatable bonds is 5. The Hall–Kier alpha value is -2.44. The van der Waals surface area contributed by atoms with Gasteiger partial charge in [0.2, 0.25) is 5.91 Å². The molecule has 0 aliphatic heterocycles. The zero-order valence-corrected chi connectivity index (χ0v) is 15.4. The van der Waals surface area contributed by atoms with Gasteiger partial charge < -0.3 is 0 Å². The summed E-state index contributed by atoms with van der Waals surface area (Å²) in [7, 11) is 0. The molecule has 4 nitrogen and oxygen atoms in total. The molecule has 0 spiro atoms. The van der Waals surface area contributed by atoms with Gasteiger partial charge in [-0.25, -0.2) is 9.82 Å². The molecule has 0 radical (unpaired) electrons. The number of amides is 1. The van der Waals surface area contributed by atoms with Crippen LogP contribution in [0.25, 0.3) is 10.9 Å². The number of hydrogen-bond donors (Lipinski definition) is 1. The molecule has 7 heteroatoms. The van der Waals surface area contributed by atoms with Crippen molar-refractivity contribution in [3.8, 4) is 0 Å². The van der Waals surface area contributed by atoms with Crippen molar-refractivity contribution >= 4 is 46.4 Å². The third-order valence-corrected chi connectivity index (χ3v) is 4.93. The van der Waals surface area contributed by atoms with Gasteiger partial charge >= 0.3 is 0 Å². The van der Waals surface area contributed by atoms with E-state index in [9.17, 15) is 9.18 Å². The molecule has 1 heterocycles. The lowest BCUT2D eigenvalue weighted by Gasteiger charge is -2.07. The van der Waals surface area contributed by atoms with E-state index in [1.807, 2.05) is 37.3 Å². The second kappa shape index (κ2) is 8.29. The number of benzene rings is 2. The smallest absolute Gasteiger partial charge is 0.250 e. The first-order valence-electron chi connectivity index (χ1n) is 7.79. The molecule has 1 N–H and O–H groups in total. The number of thioether (sulfide) groups is 1. The van der Waals surface area contributed by atoms with Gasteiger partial charge in [-0.1, -0.05) is 35.9 Å². The van der Waals surface area contributed by atoms with Crippen LogP contribution >= 0.6 is 23.4 Å². The van der Waals surface area contributed by atoms with E-state index in [1.54, 1.807) is 6.07 Å². The van der Waals surface area contributed by atoms with Crippen LogP contribution in [0.5, 0.6) is 0 Å². The summed E-state index contributed by atoms with van der Waals surface area (Å²) in [4.78, 5) is 17.5. The number of aryl methyl sites for hydroxylation is 1. The van der Waals surface area contributed by atoms with E-state index in [0.717, 1.165) is 21.5 Å². The van der Waals surface area contributed by atoms with E-state index in [1.165, 1.54) is 30.1 Å². The summed E-state index contributed by atoms with van der Waals surface area (Å²) in [6, 6.07) is 14.1. The van der Waals surface area contributed by atoms with Crippen molar-refractivity contribution < 1.29 is 9.18 Å². The molecule has 0 aliphatic carbocycles. The van der Waals surface area contributed by atoms with E-state index in [0.29, 0.717) is 0 Å². The maximum Gasteiger partial charge on any atom is 0.250 e. The number of carbonyl (C=O) groups excluding carboxylic acids is 1. The number of hydrogen-bond acceptors (Lipinski definition) is 4. The molecule has 1 amide bonds. The zero-order valence-electron chi connectivity index (χ0n) is 13.9. The Balaban J connectivity index is 1.64. The molecule has 3 rings (SSSR count). The number of fused-ring (bicyclic) bond motifs is 1. The average Bonchev–Trinajstić information content (AvgIpc) is 2.62. The van der Waals surface area contributed by atoms with Crippen LogP contribution in [-0.4, -0.2) is 22.9 Å². The van der Waals surface area contributed by atoms with Crippen molar-refractivity contribution in [1.29, 1.82) is 0 Å². The number of nitrogens with one attached hydrogen (secondary N) is 1. The van der Waals surface area contributed by atoms with Crippen molar-refractivity contribution in [1.82, 2.24) is 10.4 Å². The molecular weight excluding hydrogens is 373 g/mol. The summed E-state index contributed by atoms with van der Waals surface area (Å²) in [5.41, 5.74) is 4.30. The Morgan fingerprint density at radius 3 is 2.92 bits per heavy atom. The Bertz CT molecular complexity index is 973. The summed E-state index contributed by atoms with van der Waals surface area (Å²) in [5, 5.41) is 5.01. The minimum Gasteiger partial charge on any atom is -0.272 e. The molecule has 1 aromatic heterocycles. The Morgan fingerprint density at radius 1 is 1.31 bits per heavy atom. The number of para-hydroxylation sites is 1. The highest BCUT2D eigenvalue weighted by molar-refractivity contribution is 8.00. The van der Waals surface area contributed by atoms with Crippen molar-refractivity contribution in [2.45, 2.75) is 11.8 Å². The predicted molar refractivity (Wildman–Crippen MR) is 104 cm³/mol. The highest BCUT2D eigenvalue weighted by Crippen LogP contribution is 2.27. The predicted octanol–water partition coefficient (Wildman–Crippen LogP) is 4.58. The van der Waals surface area contributed by atoms with Gasteiger partial charge in [0.1, 0.15) is 5.82 Å². The fraction of sp³-hybridized carbons (Fsp3) is 0.105. The number of hydrazone groups is 1. The number of aromatic nitrogens is 1. The molecule has 0 bridgehead atoms. The van der Waals surface area contributed by atoms with Gasteiger partial charge in [-0.3, -0.25) is 9.78 Å². The standard InChI is InChI=1S/C19H15ClFN3OS/c1-12-9-18(13-5-2-3-8-17(13)23-12)26-11-19(25)24-22-10-14-15(20)6-4-7-16(14)21/h2-10H,11H2,1H3,(H,24,25)/b22-10-. The molecule has 132 valence electrons. The topological polar surface area (TPSA) is 54.4 Å². The van der Waals surface area contributed by atoms with Crippen molar-refractivity contribution in [3.63, 3.8) is 0 Å². The van der Waals surface area contributed by atoms with Gasteiger partial charge in [0.05, 0.1) is 22.5 Å². The van der Waals surface area contributed by atoms with Crippen LogP contribution in [0.2, 0.25) is 5.02 Å². The lowest BCUT2D eigenvalue weighted by Crippen LogP contribution is -2.19. The highest BCUT2D eigenvalue weighted by Gasteiger charge is 2.08. The van der Waals surface area contributed by atoms with Gasteiger partial charge in [0.25, 0.3) is 0 Å². The fourth-order valence-corrected chi connectivity index (χ4v) is 3.51. The monoisotopic (exact) mass is 387 g/mol. The quantitative estimate of drug-likeness (QED) is 0.396. The van der Waals surface area contributed by atoms with Gasteiger partial charge in [-0.05, 0) is 31.2 Å². The largest absolute Gasteiger partial charge is 0.272 e. The summed E-state index contributed by atoms with van der Waals surface area (Å²) in [5.74, 6) is -0.614. The number of pyridine rings is 1. The summed E-state index contributed by atoms with van der Waals surface area (Å²) < 4.78 is 13.6. The van der Waals surface area contributed by atoms with Crippen LogP contribution < -0.4 is 5.43 Å². The van der Waals surface area contributed by atoms with E-state index < -0.39 is 5.82 Å². The first-order valence-corrected chi connectivity index (χ1v) is 9.16. The van der Waals surface area contributed by atoms with Crippen molar-refractivity contribution in [2.75, 3.05) is 5.75 Å². The molecule has 26 heavy (non-hydrogen) atoms. The molecule has 0 fully saturated rings. The normalized spacial score (nSPS) is 11.2. The minimum absolute atomic E-state index is 0.137. The molecule has 0 unspecified atom stereocenters. The Labute approximate surface area is 159 Å². The van der Waals surface area contributed by atoms with Crippen LogP contribution in [0.1, 0.15) is 11.3 Å². The SMILES string of the molecule is Cc1cc(SCC(=O)N/N=C\c2c(F)cccc2Cl)c2ccccc2n1. The van der Waals surface area contributed by atoms with Crippen LogP contribution in [0.15, 0.2) is 58.5 Å². The molecule has 2 aromatic carbocycles. The third-order valence-electron chi connectivity index (χ3n) is 3.55. The Kier molecular flexibility index (Phi) is 5.85. The Morgan fingerprint density at radius 2 is 2.12 bits per heavy atom. The van der Waals surface area contributed by atoms with E-state index in [-0.39, 0.29) is 22.2 Å². The minimum atomic E-state index is -0.497. The first kappa shape index (κ1) is 18.4. The summed E-state index contributed by atoms with van der Waals surface area (Å²) in [6.45, 7) is 1.92. The maximum absolute atomic E-state index is 13.6. The molecule has 0 aliphatic rings. The average molecular weight is 388 g/mol. The number of carbonyl (C=O) groups is 1. The number of nitrogens with zero attached hydrogens (tertiary/aromatic N) is 2. The lowest BCUT2D eigenvalue weighted by atomic mass is 10.2. The van der Waals surface area contributed by atoms with Crippen molar-refractivity contribution in [2.24, 2.45) is 5.10 Å². The van der Waals surface area contributed by atoms with Crippen LogP contribution in [-0.2, 0) is 4.79 Å².